The third-order valence-corrected chi connectivity index (χ3v) is 3.38. The van der Waals surface area contributed by atoms with E-state index < -0.39 is 0 Å². The maximum atomic E-state index is 11.8. The zero-order valence-electron chi connectivity index (χ0n) is 13.1. The molecule has 0 spiro atoms. The molecule has 0 aliphatic heterocycles. The van der Waals surface area contributed by atoms with Gasteiger partial charge in [-0.1, -0.05) is 42.0 Å². The van der Waals surface area contributed by atoms with E-state index in [1.165, 1.54) is 11.1 Å². The third-order valence-electron chi connectivity index (χ3n) is 3.38. The molecule has 1 amide bonds. The molecule has 0 aromatic heterocycles. The van der Waals surface area contributed by atoms with Gasteiger partial charge in [0.05, 0.1) is 13.7 Å². The smallest absolute Gasteiger partial charge is 0.234 e. The van der Waals surface area contributed by atoms with Crippen molar-refractivity contribution in [2.75, 3.05) is 13.7 Å². The van der Waals surface area contributed by atoms with Gasteiger partial charge in [0.25, 0.3) is 0 Å². The molecule has 22 heavy (non-hydrogen) atoms. The monoisotopic (exact) mass is 298 g/mol. The standard InChI is InChI=1S/C18H22N2O2/c1-14-3-5-15(6-4-14)11-19-13-18(21)20-12-16-7-9-17(22-2)10-8-16/h3-10,19H,11-13H2,1-2H3,(H,20,21). The van der Waals surface area contributed by atoms with Crippen molar-refractivity contribution in [3.05, 3.63) is 65.2 Å². The van der Waals surface area contributed by atoms with Crippen molar-refractivity contribution >= 4 is 5.91 Å². The summed E-state index contributed by atoms with van der Waals surface area (Å²) in [4.78, 5) is 11.8. The van der Waals surface area contributed by atoms with Crippen molar-refractivity contribution in [3.63, 3.8) is 0 Å². The lowest BCUT2D eigenvalue weighted by Gasteiger charge is -2.08. The second kappa shape index (κ2) is 8.20. The molecule has 116 valence electrons. The largest absolute Gasteiger partial charge is 0.497 e. The summed E-state index contributed by atoms with van der Waals surface area (Å²) in [5.74, 6) is 0.803. The molecule has 0 fully saturated rings. The van der Waals surface area contributed by atoms with E-state index in [9.17, 15) is 4.79 Å². The maximum absolute atomic E-state index is 11.8. The van der Waals surface area contributed by atoms with Gasteiger partial charge in [-0.2, -0.15) is 0 Å². The molecule has 0 atom stereocenters. The molecule has 0 unspecified atom stereocenters. The van der Waals surface area contributed by atoms with Crippen molar-refractivity contribution in [2.45, 2.75) is 20.0 Å². The van der Waals surface area contributed by atoms with Gasteiger partial charge in [-0.15, -0.1) is 0 Å². The summed E-state index contributed by atoms with van der Waals surface area (Å²) in [7, 11) is 1.64. The van der Waals surface area contributed by atoms with E-state index in [0.29, 0.717) is 19.6 Å². The Labute approximate surface area is 131 Å². The lowest BCUT2D eigenvalue weighted by atomic mass is 10.1. The molecule has 0 saturated heterocycles. The van der Waals surface area contributed by atoms with Crippen LogP contribution in [0.2, 0.25) is 0 Å². The van der Waals surface area contributed by atoms with Crippen molar-refractivity contribution in [3.8, 4) is 5.75 Å². The van der Waals surface area contributed by atoms with E-state index in [1.54, 1.807) is 7.11 Å². The quantitative estimate of drug-likeness (QED) is 0.825. The van der Waals surface area contributed by atoms with Crippen LogP contribution in [-0.4, -0.2) is 19.6 Å². The van der Waals surface area contributed by atoms with Crippen molar-refractivity contribution in [2.24, 2.45) is 0 Å². The van der Waals surface area contributed by atoms with E-state index in [4.69, 9.17) is 4.74 Å². The topological polar surface area (TPSA) is 50.4 Å². The number of benzene rings is 2. The summed E-state index contributed by atoms with van der Waals surface area (Å²) >= 11 is 0. The average molecular weight is 298 g/mol. The lowest BCUT2D eigenvalue weighted by Crippen LogP contribution is -2.33. The van der Waals surface area contributed by atoms with Crippen molar-refractivity contribution < 1.29 is 9.53 Å². The van der Waals surface area contributed by atoms with Gasteiger partial charge in [-0.05, 0) is 30.2 Å². The van der Waals surface area contributed by atoms with Crippen LogP contribution in [0.5, 0.6) is 5.75 Å². The predicted molar refractivity (Wildman–Crippen MR) is 87.7 cm³/mol. The maximum Gasteiger partial charge on any atom is 0.234 e. The number of amides is 1. The van der Waals surface area contributed by atoms with E-state index >= 15 is 0 Å². The van der Waals surface area contributed by atoms with Gasteiger partial charge in [0.2, 0.25) is 5.91 Å². The van der Waals surface area contributed by atoms with Crippen molar-refractivity contribution in [1.82, 2.24) is 10.6 Å². The highest BCUT2D eigenvalue weighted by Crippen LogP contribution is 2.10. The number of ether oxygens (including phenoxy) is 1. The van der Waals surface area contributed by atoms with Crippen LogP contribution in [0.4, 0.5) is 0 Å². The minimum Gasteiger partial charge on any atom is -0.497 e. The Morgan fingerprint density at radius 2 is 1.55 bits per heavy atom. The normalized spacial score (nSPS) is 10.3. The van der Waals surface area contributed by atoms with E-state index in [-0.39, 0.29) is 5.91 Å². The molecule has 4 heteroatoms. The fraction of sp³-hybridized carbons (Fsp3) is 0.278. The number of carbonyl (C=O) groups is 1. The minimum atomic E-state index is -0.0112. The van der Waals surface area contributed by atoms with Gasteiger partial charge in [0.15, 0.2) is 0 Å². The first kappa shape index (κ1) is 16.0. The Morgan fingerprint density at radius 1 is 0.955 bits per heavy atom. The Hall–Kier alpha value is -2.33. The zero-order chi connectivity index (χ0) is 15.8. The summed E-state index contributed by atoms with van der Waals surface area (Å²) in [6.07, 6.45) is 0. The third kappa shape index (κ3) is 5.22. The average Bonchev–Trinajstić information content (AvgIpc) is 2.55. The van der Waals surface area contributed by atoms with Gasteiger partial charge in [-0.3, -0.25) is 4.79 Å². The van der Waals surface area contributed by atoms with Gasteiger partial charge < -0.3 is 15.4 Å². The fourth-order valence-electron chi connectivity index (χ4n) is 2.03. The lowest BCUT2D eigenvalue weighted by molar-refractivity contribution is -0.120. The molecule has 0 radical (unpaired) electrons. The highest BCUT2D eigenvalue weighted by molar-refractivity contribution is 5.77. The summed E-state index contributed by atoms with van der Waals surface area (Å²) < 4.78 is 5.10. The van der Waals surface area contributed by atoms with Gasteiger partial charge >= 0.3 is 0 Å². The summed E-state index contributed by atoms with van der Waals surface area (Å²) in [5, 5.41) is 6.03. The predicted octanol–water partition coefficient (Wildman–Crippen LogP) is 2.41. The SMILES string of the molecule is COc1ccc(CNC(=O)CNCc2ccc(C)cc2)cc1. The van der Waals surface area contributed by atoms with Crippen LogP contribution in [0.25, 0.3) is 0 Å². The highest BCUT2D eigenvalue weighted by atomic mass is 16.5. The number of nitrogens with one attached hydrogen (secondary N) is 2. The number of hydrogen-bond donors (Lipinski definition) is 2. The van der Waals surface area contributed by atoms with Crippen LogP contribution in [0.15, 0.2) is 48.5 Å². The number of aryl methyl sites for hydroxylation is 1. The minimum absolute atomic E-state index is 0.0112. The van der Waals surface area contributed by atoms with Crippen molar-refractivity contribution in [1.29, 1.82) is 0 Å². The molecular formula is C18H22N2O2. The van der Waals surface area contributed by atoms with Crippen LogP contribution in [0, 0.1) is 6.92 Å². The molecule has 0 heterocycles. The first-order valence-electron chi connectivity index (χ1n) is 7.33. The van der Waals surface area contributed by atoms with E-state index in [2.05, 4.69) is 41.8 Å². The molecule has 4 nitrogen and oxygen atoms in total. The van der Waals surface area contributed by atoms with Crippen LogP contribution in [0.3, 0.4) is 0 Å². The molecule has 0 aliphatic rings. The molecule has 0 saturated carbocycles. The summed E-state index contributed by atoms with van der Waals surface area (Å²) in [6, 6.07) is 15.9. The van der Waals surface area contributed by atoms with Gasteiger partial charge in [0.1, 0.15) is 5.75 Å². The first-order valence-corrected chi connectivity index (χ1v) is 7.33. The molecule has 0 bridgehead atoms. The molecule has 2 N–H and O–H groups in total. The highest BCUT2D eigenvalue weighted by Gasteiger charge is 2.01. The van der Waals surface area contributed by atoms with Crippen LogP contribution in [0.1, 0.15) is 16.7 Å². The van der Waals surface area contributed by atoms with Gasteiger partial charge in [-0.25, -0.2) is 0 Å². The Bertz CT molecular complexity index is 591. The Balaban J connectivity index is 1.68. The first-order chi connectivity index (χ1) is 10.7. The number of rotatable bonds is 7. The van der Waals surface area contributed by atoms with Gasteiger partial charge in [0, 0.05) is 13.1 Å². The van der Waals surface area contributed by atoms with E-state index in [1.807, 2.05) is 24.3 Å². The Morgan fingerprint density at radius 3 is 2.18 bits per heavy atom. The zero-order valence-corrected chi connectivity index (χ0v) is 13.1. The fourth-order valence-corrected chi connectivity index (χ4v) is 2.03. The molecule has 2 rings (SSSR count). The number of carbonyl (C=O) groups excluding carboxylic acids is 1. The van der Waals surface area contributed by atoms with Crippen LogP contribution >= 0.6 is 0 Å². The van der Waals surface area contributed by atoms with Crippen LogP contribution in [-0.2, 0) is 17.9 Å². The molecule has 2 aromatic rings. The summed E-state index contributed by atoms with van der Waals surface area (Å²) in [5.41, 5.74) is 3.46. The number of methoxy groups -OCH3 is 1. The van der Waals surface area contributed by atoms with Crippen LogP contribution < -0.4 is 15.4 Å². The molecular weight excluding hydrogens is 276 g/mol. The Kier molecular flexibility index (Phi) is 5.98. The molecule has 0 aliphatic carbocycles. The number of hydrogen-bond acceptors (Lipinski definition) is 3. The summed E-state index contributed by atoms with van der Waals surface area (Å²) in [6.45, 7) is 3.58. The second-order valence-corrected chi connectivity index (χ2v) is 5.21. The molecule has 2 aromatic carbocycles. The van der Waals surface area contributed by atoms with E-state index in [0.717, 1.165) is 11.3 Å². The second-order valence-electron chi connectivity index (χ2n) is 5.21.